The van der Waals surface area contributed by atoms with E-state index in [9.17, 15) is 4.79 Å². The number of aryl methyl sites for hydroxylation is 3. The Balaban J connectivity index is 1.82. The summed E-state index contributed by atoms with van der Waals surface area (Å²) in [5, 5.41) is 3.19. The van der Waals surface area contributed by atoms with Gasteiger partial charge in [-0.15, -0.1) is 0 Å². The second-order valence-electron chi connectivity index (χ2n) is 6.39. The Morgan fingerprint density at radius 1 is 1.27 bits per heavy atom. The van der Waals surface area contributed by atoms with E-state index in [0.717, 1.165) is 31.5 Å². The van der Waals surface area contributed by atoms with E-state index in [-0.39, 0.29) is 5.56 Å². The van der Waals surface area contributed by atoms with Crippen molar-refractivity contribution >= 4 is 45.4 Å². The molecule has 0 aliphatic carbocycles. The number of benzene rings is 1. The molecule has 0 spiro atoms. The van der Waals surface area contributed by atoms with Crippen LogP contribution in [0.15, 0.2) is 29.3 Å². The summed E-state index contributed by atoms with van der Waals surface area (Å²) < 4.78 is 3.07. The lowest BCUT2D eigenvalue weighted by Crippen LogP contribution is -2.14. The Morgan fingerprint density at radius 3 is 2.88 bits per heavy atom. The van der Waals surface area contributed by atoms with E-state index >= 15 is 0 Å². The van der Waals surface area contributed by atoms with Gasteiger partial charge in [-0.05, 0) is 53.9 Å². The van der Waals surface area contributed by atoms with Crippen molar-refractivity contribution < 1.29 is 0 Å². The van der Waals surface area contributed by atoms with Crippen LogP contribution in [0.25, 0.3) is 11.2 Å². The lowest BCUT2D eigenvalue weighted by Gasteiger charge is -2.09. The number of aromatic amines is 1. The monoisotopic (exact) mass is 465 g/mol. The van der Waals surface area contributed by atoms with E-state index in [0.29, 0.717) is 17.1 Å². The van der Waals surface area contributed by atoms with Crippen LogP contribution in [0.1, 0.15) is 37.3 Å². The number of H-pyrrole nitrogens is 1. The third kappa shape index (κ3) is 4.25. The van der Waals surface area contributed by atoms with Crippen LogP contribution in [0.5, 0.6) is 0 Å². The largest absolute Gasteiger partial charge is 0.326 e. The van der Waals surface area contributed by atoms with Crippen molar-refractivity contribution in [2.45, 2.75) is 46.1 Å². The molecular formula is C19H24IN5O. The van der Waals surface area contributed by atoms with Crippen molar-refractivity contribution in [2.75, 3.05) is 9.74 Å². The number of fused-ring (bicyclic) bond motifs is 1. The normalized spacial score (nSPS) is 11.2. The van der Waals surface area contributed by atoms with E-state index in [2.05, 4.69) is 68.8 Å². The third-order valence-electron chi connectivity index (χ3n) is 4.51. The summed E-state index contributed by atoms with van der Waals surface area (Å²) in [7, 11) is 0. The number of unbranched alkanes of at least 4 members (excludes halogenated alkanes) is 2. The van der Waals surface area contributed by atoms with Crippen LogP contribution >= 0.6 is 22.6 Å². The molecule has 2 heterocycles. The molecule has 0 radical (unpaired) electrons. The quantitative estimate of drug-likeness (QED) is 0.295. The summed E-state index contributed by atoms with van der Waals surface area (Å²) in [6.07, 6.45) is 6.07. The first-order valence-corrected chi connectivity index (χ1v) is 10.5. The Hall–Kier alpha value is -1.90. The molecule has 138 valence electrons. The minimum atomic E-state index is -0.160. The van der Waals surface area contributed by atoms with Gasteiger partial charge in [0.2, 0.25) is 5.95 Å². The number of hydrogen-bond donors (Lipinski definition) is 2. The van der Waals surface area contributed by atoms with Crippen LogP contribution in [0, 0.1) is 6.92 Å². The number of nitrogens with zero attached hydrogens (tertiary/aromatic N) is 3. The maximum atomic E-state index is 12.5. The standard InChI is InChI=1S/C19H24IN5O/c1-3-14-11-15(8-7-13(14)2)22-19-23-17-16(18(26)24-19)25(12-21-17)10-6-4-5-9-20/h7-8,11-12H,3-6,9-10H2,1-2H3,(H2,22,23,24,26). The van der Waals surface area contributed by atoms with E-state index in [4.69, 9.17) is 0 Å². The maximum Gasteiger partial charge on any atom is 0.278 e. The number of alkyl halides is 1. The van der Waals surface area contributed by atoms with Gasteiger partial charge in [-0.3, -0.25) is 9.78 Å². The van der Waals surface area contributed by atoms with E-state index < -0.39 is 0 Å². The molecule has 0 saturated heterocycles. The average Bonchev–Trinajstić information content (AvgIpc) is 3.04. The molecular weight excluding hydrogens is 441 g/mol. The van der Waals surface area contributed by atoms with Crippen molar-refractivity contribution in [1.82, 2.24) is 19.5 Å². The van der Waals surface area contributed by atoms with E-state index in [1.807, 2.05) is 10.6 Å². The predicted molar refractivity (Wildman–Crippen MR) is 115 cm³/mol. The molecule has 0 amide bonds. The fraction of sp³-hybridized carbons (Fsp3) is 0.421. The van der Waals surface area contributed by atoms with Gasteiger partial charge < -0.3 is 9.88 Å². The van der Waals surface area contributed by atoms with Gasteiger partial charge in [0.25, 0.3) is 5.56 Å². The molecule has 2 N–H and O–H groups in total. The Morgan fingerprint density at radius 2 is 2.12 bits per heavy atom. The molecule has 1 aromatic carbocycles. The average molecular weight is 465 g/mol. The van der Waals surface area contributed by atoms with Crippen molar-refractivity contribution in [2.24, 2.45) is 0 Å². The Bertz CT molecular complexity index is 947. The Labute approximate surface area is 166 Å². The number of aromatic nitrogens is 4. The summed E-state index contributed by atoms with van der Waals surface area (Å²) >= 11 is 2.39. The summed E-state index contributed by atoms with van der Waals surface area (Å²) in [6, 6.07) is 6.15. The van der Waals surface area contributed by atoms with Crippen molar-refractivity contribution in [1.29, 1.82) is 0 Å². The van der Waals surface area contributed by atoms with Gasteiger partial charge in [0.15, 0.2) is 11.2 Å². The highest BCUT2D eigenvalue weighted by atomic mass is 127. The van der Waals surface area contributed by atoms with Crippen molar-refractivity contribution in [3.63, 3.8) is 0 Å². The SMILES string of the molecule is CCc1cc(Nc2nc3ncn(CCCCCI)c3c(=O)[nH]2)ccc1C. The smallest absolute Gasteiger partial charge is 0.278 e. The summed E-state index contributed by atoms with van der Waals surface area (Å²) in [5.41, 5.74) is 4.31. The molecule has 0 unspecified atom stereocenters. The van der Waals surface area contributed by atoms with E-state index in [1.165, 1.54) is 22.0 Å². The topological polar surface area (TPSA) is 75.6 Å². The van der Waals surface area contributed by atoms with Crippen LogP contribution in [0.3, 0.4) is 0 Å². The highest BCUT2D eigenvalue weighted by Gasteiger charge is 2.11. The summed E-state index contributed by atoms with van der Waals surface area (Å²) in [5.74, 6) is 0.420. The zero-order valence-electron chi connectivity index (χ0n) is 15.2. The van der Waals surface area contributed by atoms with Crippen molar-refractivity contribution in [3.8, 4) is 0 Å². The zero-order chi connectivity index (χ0) is 18.5. The molecule has 0 bridgehead atoms. The summed E-state index contributed by atoms with van der Waals surface area (Å²) in [6.45, 7) is 5.02. The number of nitrogens with one attached hydrogen (secondary N) is 2. The van der Waals surface area contributed by atoms with Crippen LogP contribution in [-0.2, 0) is 13.0 Å². The lowest BCUT2D eigenvalue weighted by molar-refractivity contribution is 0.616. The second-order valence-corrected chi connectivity index (χ2v) is 7.47. The predicted octanol–water partition coefficient (Wildman–Crippen LogP) is 4.34. The van der Waals surface area contributed by atoms with Crippen LogP contribution in [-0.4, -0.2) is 23.9 Å². The molecule has 2 aromatic heterocycles. The highest BCUT2D eigenvalue weighted by Crippen LogP contribution is 2.19. The minimum absolute atomic E-state index is 0.160. The molecule has 0 saturated carbocycles. The molecule has 3 aromatic rings. The first-order chi connectivity index (χ1) is 12.6. The summed E-state index contributed by atoms with van der Waals surface area (Å²) in [4.78, 5) is 24.2. The van der Waals surface area contributed by atoms with Gasteiger partial charge in [0.05, 0.1) is 6.33 Å². The number of hydrogen-bond acceptors (Lipinski definition) is 4. The number of halogens is 1. The van der Waals surface area contributed by atoms with Crippen LogP contribution in [0.2, 0.25) is 0 Å². The fourth-order valence-electron chi connectivity index (χ4n) is 3.04. The third-order valence-corrected chi connectivity index (χ3v) is 5.27. The molecule has 6 nitrogen and oxygen atoms in total. The molecule has 0 fully saturated rings. The zero-order valence-corrected chi connectivity index (χ0v) is 17.3. The van der Waals surface area contributed by atoms with Crippen LogP contribution in [0.4, 0.5) is 11.6 Å². The second kappa shape index (κ2) is 8.66. The maximum absolute atomic E-state index is 12.5. The van der Waals surface area contributed by atoms with Gasteiger partial charge in [-0.1, -0.05) is 42.0 Å². The fourth-order valence-corrected chi connectivity index (χ4v) is 3.57. The van der Waals surface area contributed by atoms with Crippen molar-refractivity contribution in [3.05, 3.63) is 46.0 Å². The van der Waals surface area contributed by atoms with Gasteiger partial charge in [0, 0.05) is 12.2 Å². The first-order valence-electron chi connectivity index (χ1n) is 9.00. The molecule has 0 aliphatic rings. The van der Waals surface area contributed by atoms with Gasteiger partial charge in [-0.2, -0.15) is 4.98 Å². The van der Waals surface area contributed by atoms with Gasteiger partial charge >= 0.3 is 0 Å². The number of rotatable bonds is 8. The molecule has 3 rings (SSSR count). The van der Waals surface area contributed by atoms with Crippen LogP contribution < -0.4 is 10.9 Å². The molecule has 0 aliphatic heterocycles. The minimum Gasteiger partial charge on any atom is -0.326 e. The van der Waals surface area contributed by atoms with Gasteiger partial charge in [0.1, 0.15) is 0 Å². The van der Waals surface area contributed by atoms with E-state index in [1.54, 1.807) is 6.33 Å². The number of imidazole rings is 1. The van der Waals surface area contributed by atoms with Gasteiger partial charge in [-0.25, -0.2) is 4.98 Å². The molecule has 0 atom stereocenters. The highest BCUT2D eigenvalue weighted by molar-refractivity contribution is 14.1. The first kappa shape index (κ1) is 18.9. The molecule has 26 heavy (non-hydrogen) atoms. The number of anilines is 2. The lowest BCUT2D eigenvalue weighted by atomic mass is 10.1. The Kier molecular flexibility index (Phi) is 6.29. The molecule has 7 heteroatoms.